The quantitative estimate of drug-likeness (QED) is 0.588. The smallest absolute Gasteiger partial charge is 0.216 e. The van der Waals surface area contributed by atoms with Gasteiger partial charge in [-0.15, -0.1) is 0 Å². The molecule has 0 amide bonds. The van der Waals surface area contributed by atoms with Crippen LogP contribution in [-0.4, -0.2) is 52.0 Å². The fourth-order valence-corrected chi connectivity index (χ4v) is 4.26. The molecule has 1 saturated heterocycles. The van der Waals surface area contributed by atoms with Crippen molar-refractivity contribution in [3.63, 3.8) is 0 Å². The number of ether oxygens (including phenoxy) is 2. The van der Waals surface area contributed by atoms with Gasteiger partial charge in [0.2, 0.25) is 4.77 Å². The topological polar surface area (TPSA) is 81.1 Å². The van der Waals surface area contributed by atoms with Crippen molar-refractivity contribution in [3.8, 4) is 11.5 Å². The summed E-state index contributed by atoms with van der Waals surface area (Å²) >= 11 is 5.52. The number of nitrogens with zero attached hydrogens (tertiary/aromatic N) is 5. The standard InChI is InChI=1S/C21H28N6O2S/c1-5-13(2)19-24-21(30)27(25-19)14-6-8-26(9-7-14)20-15-10-17(28-3)18(29-4)11-16(15)22-12-23-20/h10-14H,5-9H2,1-4H3,(H,24,25,30). The van der Waals surface area contributed by atoms with Gasteiger partial charge in [0, 0.05) is 30.5 Å². The summed E-state index contributed by atoms with van der Waals surface area (Å²) in [6.45, 7) is 6.09. The lowest BCUT2D eigenvalue weighted by atomic mass is 10.0. The Hall–Kier alpha value is -2.68. The molecule has 3 heterocycles. The van der Waals surface area contributed by atoms with Gasteiger partial charge in [-0.2, -0.15) is 0 Å². The molecule has 4 rings (SSSR count). The molecule has 160 valence electrons. The summed E-state index contributed by atoms with van der Waals surface area (Å²) in [6, 6.07) is 4.17. The Morgan fingerprint density at radius 2 is 1.87 bits per heavy atom. The number of hydrogen-bond acceptors (Lipinski definition) is 7. The number of rotatable bonds is 6. The summed E-state index contributed by atoms with van der Waals surface area (Å²) in [6.07, 6.45) is 4.58. The monoisotopic (exact) mass is 428 g/mol. The second-order valence-corrected chi connectivity index (χ2v) is 8.08. The van der Waals surface area contributed by atoms with Crippen LogP contribution in [-0.2, 0) is 0 Å². The van der Waals surface area contributed by atoms with Crippen LogP contribution < -0.4 is 14.4 Å². The Morgan fingerprint density at radius 3 is 2.53 bits per heavy atom. The zero-order chi connectivity index (χ0) is 21.3. The van der Waals surface area contributed by atoms with Crippen LogP contribution in [0.5, 0.6) is 11.5 Å². The number of fused-ring (bicyclic) bond motifs is 1. The molecule has 1 aliphatic heterocycles. The molecule has 2 aromatic heterocycles. The lowest BCUT2D eigenvalue weighted by Crippen LogP contribution is -2.35. The van der Waals surface area contributed by atoms with E-state index in [-0.39, 0.29) is 0 Å². The molecule has 0 bridgehead atoms. The second kappa shape index (κ2) is 8.59. The van der Waals surface area contributed by atoms with Crippen molar-refractivity contribution in [3.05, 3.63) is 29.1 Å². The normalized spacial score (nSPS) is 16.1. The Labute approximate surface area is 181 Å². The zero-order valence-corrected chi connectivity index (χ0v) is 18.7. The molecule has 30 heavy (non-hydrogen) atoms. The maximum atomic E-state index is 5.52. The number of anilines is 1. The summed E-state index contributed by atoms with van der Waals surface area (Å²) in [4.78, 5) is 15.9. The molecule has 1 aromatic carbocycles. The molecule has 1 unspecified atom stereocenters. The first-order valence-corrected chi connectivity index (χ1v) is 10.8. The van der Waals surface area contributed by atoms with Crippen LogP contribution in [0.1, 0.15) is 50.9 Å². The molecule has 0 spiro atoms. The maximum absolute atomic E-state index is 5.52. The molecule has 1 N–H and O–H groups in total. The van der Waals surface area contributed by atoms with Gasteiger partial charge >= 0.3 is 0 Å². The van der Waals surface area contributed by atoms with Crippen LogP contribution in [0.4, 0.5) is 5.82 Å². The third-order valence-electron chi connectivity index (χ3n) is 5.99. The molecular weight excluding hydrogens is 400 g/mol. The minimum Gasteiger partial charge on any atom is -0.493 e. The van der Waals surface area contributed by atoms with Crippen molar-refractivity contribution in [2.75, 3.05) is 32.2 Å². The maximum Gasteiger partial charge on any atom is 0.216 e. The minimum absolute atomic E-state index is 0.321. The predicted molar refractivity (Wildman–Crippen MR) is 119 cm³/mol. The van der Waals surface area contributed by atoms with Gasteiger partial charge in [-0.3, -0.25) is 9.78 Å². The van der Waals surface area contributed by atoms with Crippen LogP contribution in [0.2, 0.25) is 0 Å². The van der Waals surface area contributed by atoms with Gasteiger partial charge in [-0.1, -0.05) is 13.8 Å². The Kier molecular flexibility index (Phi) is 5.90. The first-order chi connectivity index (χ1) is 14.5. The first-order valence-electron chi connectivity index (χ1n) is 10.4. The largest absolute Gasteiger partial charge is 0.493 e. The third kappa shape index (κ3) is 3.74. The number of benzene rings is 1. The molecule has 9 heteroatoms. The number of aromatic amines is 1. The van der Waals surface area contributed by atoms with Gasteiger partial charge in [-0.25, -0.2) is 15.0 Å². The van der Waals surface area contributed by atoms with Crippen molar-refractivity contribution in [1.82, 2.24) is 24.7 Å². The fourth-order valence-electron chi connectivity index (χ4n) is 3.97. The highest BCUT2D eigenvalue weighted by molar-refractivity contribution is 7.71. The zero-order valence-electron chi connectivity index (χ0n) is 17.9. The molecular formula is C21H28N6O2S. The molecule has 0 aliphatic carbocycles. The van der Waals surface area contributed by atoms with Gasteiger partial charge in [0.1, 0.15) is 18.0 Å². The molecule has 0 saturated carbocycles. The van der Waals surface area contributed by atoms with E-state index in [1.54, 1.807) is 20.5 Å². The Balaban J connectivity index is 1.57. The minimum atomic E-state index is 0.321. The molecule has 0 radical (unpaired) electrons. The number of H-pyrrole nitrogens is 1. The molecule has 3 aromatic rings. The number of methoxy groups -OCH3 is 2. The summed E-state index contributed by atoms with van der Waals surface area (Å²) < 4.78 is 13.6. The van der Waals surface area contributed by atoms with Crippen molar-refractivity contribution in [1.29, 1.82) is 0 Å². The SMILES string of the molecule is CCC(C)c1nc(=S)n(C2CCN(c3ncnc4cc(OC)c(OC)cc34)CC2)[nH]1. The van der Waals surface area contributed by atoms with Crippen LogP contribution in [0.3, 0.4) is 0 Å². The number of nitrogens with one attached hydrogen (secondary N) is 1. The van der Waals surface area contributed by atoms with E-state index in [1.165, 1.54) is 0 Å². The fraction of sp³-hybridized carbons (Fsp3) is 0.524. The van der Waals surface area contributed by atoms with Crippen LogP contribution in [0.15, 0.2) is 18.5 Å². The summed E-state index contributed by atoms with van der Waals surface area (Å²) in [5.74, 6) is 3.63. The van der Waals surface area contributed by atoms with E-state index >= 15 is 0 Å². The van der Waals surface area contributed by atoms with E-state index in [9.17, 15) is 0 Å². The van der Waals surface area contributed by atoms with Crippen LogP contribution in [0.25, 0.3) is 10.9 Å². The summed E-state index contributed by atoms with van der Waals surface area (Å²) in [7, 11) is 3.27. The third-order valence-corrected chi connectivity index (χ3v) is 6.27. The van der Waals surface area contributed by atoms with E-state index in [0.29, 0.717) is 28.2 Å². The van der Waals surface area contributed by atoms with Gasteiger partial charge in [0.15, 0.2) is 11.5 Å². The summed E-state index contributed by atoms with van der Waals surface area (Å²) in [5, 5.41) is 4.40. The van der Waals surface area contributed by atoms with Gasteiger partial charge in [0.25, 0.3) is 0 Å². The molecule has 1 fully saturated rings. The first kappa shape index (κ1) is 20.6. The van der Waals surface area contributed by atoms with Gasteiger partial charge in [0.05, 0.1) is 25.8 Å². The van der Waals surface area contributed by atoms with Gasteiger partial charge in [-0.05, 0) is 37.5 Å². The Morgan fingerprint density at radius 1 is 1.17 bits per heavy atom. The number of aromatic nitrogens is 5. The highest BCUT2D eigenvalue weighted by atomic mass is 32.1. The van der Waals surface area contributed by atoms with E-state index in [1.807, 2.05) is 12.1 Å². The van der Waals surface area contributed by atoms with Crippen molar-refractivity contribution >= 4 is 28.9 Å². The molecule has 8 nitrogen and oxygen atoms in total. The van der Waals surface area contributed by atoms with Crippen molar-refractivity contribution in [2.24, 2.45) is 0 Å². The van der Waals surface area contributed by atoms with E-state index in [2.05, 4.69) is 43.5 Å². The van der Waals surface area contributed by atoms with Crippen LogP contribution in [0, 0.1) is 4.77 Å². The second-order valence-electron chi connectivity index (χ2n) is 7.71. The lowest BCUT2D eigenvalue weighted by Gasteiger charge is -2.33. The lowest BCUT2D eigenvalue weighted by molar-refractivity contribution is 0.355. The number of hydrogen-bond donors (Lipinski definition) is 1. The summed E-state index contributed by atoms with van der Waals surface area (Å²) in [5.41, 5.74) is 0.841. The Bertz CT molecular complexity index is 1090. The van der Waals surface area contributed by atoms with Gasteiger partial charge < -0.3 is 14.4 Å². The molecule has 1 atom stereocenters. The van der Waals surface area contributed by atoms with E-state index < -0.39 is 0 Å². The average molecular weight is 429 g/mol. The van der Waals surface area contributed by atoms with E-state index in [0.717, 1.165) is 54.9 Å². The highest BCUT2D eigenvalue weighted by Gasteiger charge is 2.25. The van der Waals surface area contributed by atoms with Crippen molar-refractivity contribution < 1.29 is 9.47 Å². The van der Waals surface area contributed by atoms with E-state index in [4.69, 9.17) is 21.7 Å². The van der Waals surface area contributed by atoms with Crippen molar-refractivity contribution in [2.45, 2.75) is 45.1 Å². The highest BCUT2D eigenvalue weighted by Crippen LogP contribution is 2.36. The van der Waals surface area contributed by atoms with Crippen LogP contribution >= 0.6 is 12.2 Å². The predicted octanol–water partition coefficient (Wildman–Crippen LogP) is 4.26. The number of piperidine rings is 1. The average Bonchev–Trinajstić information content (AvgIpc) is 3.18. The molecule has 1 aliphatic rings.